The van der Waals surface area contributed by atoms with Gasteiger partial charge in [-0.1, -0.05) is 34.1 Å². The molecule has 7 heteroatoms. The third kappa shape index (κ3) is 3.71. The predicted octanol–water partition coefficient (Wildman–Crippen LogP) is 4.17. The van der Waals surface area contributed by atoms with E-state index in [4.69, 9.17) is 0 Å². The molecule has 0 aromatic heterocycles. The first-order valence-corrected chi connectivity index (χ1v) is 9.00. The minimum absolute atomic E-state index is 0.0302. The van der Waals surface area contributed by atoms with E-state index in [9.17, 15) is 12.8 Å². The van der Waals surface area contributed by atoms with Gasteiger partial charge in [0, 0.05) is 28.1 Å². The van der Waals surface area contributed by atoms with Gasteiger partial charge in [0.05, 0.1) is 4.90 Å². The normalized spacial score (nSPS) is 11.9. The minimum Gasteiger partial charge on any atom is -0.207 e. The molecule has 2 aromatic rings. The molecule has 21 heavy (non-hydrogen) atoms. The van der Waals surface area contributed by atoms with E-state index in [1.165, 1.54) is 19.2 Å². The maximum absolute atomic E-state index is 13.6. The quantitative estimate of drug-likeness (QED) is 0.721. The summed E-state index contributed by atoms with van der Waals surface area (Å²) in [4.78, 5) is 0.143. The van der Waals surface area contributed by atoms with Crippen LogP contribution in [-0.2, 0) is 16.6 Å². The molecule has 112 valence electrons. The van der Waals surface area contributed by atoms with Gasteiger partial charge in [0.15, 0.2) is 0 Å². The van der Waals surface area contributed by atoms with Gasteiger partial charge in [0.1, 0.15) is 5.82 Å². The summed E-state index contributed by atoms with van der Waals surface area (Å²) in [7, 11) is -2.28. The Hall–Kier alpha value is -0.760. The zero-order valence-corrected chi connectivity index (χ0v) is 15.0. The molecule has 0 amide bonds. The van der Waals surface area contributed by atoms with E-state index in [2.05, 4.69) is 31.9 Å². The SMILES string of the molecule is CN(Cc1ccccc1F)S(=O)(=O)c1ccc(Br)cc1Br. The van der Waals surface area contributed by atoms with E-state index in [1.807, 2.05) is 0 Å². The van der Waals surface area contributed by atoms with Crippen LogP contribution in [0.25, 0.3) is 0 Å². The molecule has 0 unspecified atom stereocenters. The summed E-state index contributed by atoms with van der Waals surface area (Å²) >= 11 is 6.52. The Morgan fingerprint density at radius 2 is 1.81 bits per heavy atom. The van der Waals surface area contributed by atoms with Gasteiger partial charge >= 0.3 is 0 Å². The fraction of sp³-hybridized carbons (Fsp3) is 0.143. The Labute approximate surface area is 140 Å². The Morgan fingerprint density at radius 1 is 1.14 bits per heavy atom. The second-order valence-corrected chi connectivity index (χ2v) is 8.21. The molecule has 2 rings (SSSR count). The van der Waals surface area contributed by atoms with Crippen LogP contribution in [0.4, 0.5) is 4.39 Å². The second-order valence-electron chi connectivity index (χ2n) is 4.43. The smallest absolute Gasteiger partial charge is 0.207 e. The fourth-order valence-electron chi connectivity index (χ4n) is 1.80. The molecular weight excluding hydrogens is 425 g/mol. The molecule has 0 bridgehead atoms. The van der Waals surface area contributed by atoms with E-state index in [0.29, 0.717) is 10.0 Å². The van der Waals surface area contributed by atoms with Crippen LogP contribution < -0.4 is 0 Å². The Bertz CT molecular complexity index is 765. The number of hydrogen-bond acceptors (Lipinski definition) is 2. The predicted molar refractivity (Wildman–Crippen MR) is 86.9 cm³/mol. The number of hydrogen-bond donors (Lipinski definition) is 0. The highest BCUT2D eigenvalue weighted by atomic mass is 79.9. The standard InChI is InChI=1S/C14H12Br2FNO2S/c1-18(9-10-4-2-3-5-13(10)17)21(19,20)14-7-6-11(15)8-12(14)16/h2-8H,9H2,1H3. The zero-order chi connectivity index (χ0) is 15.6. The van der Waals surface area contributed by atoms with Crippen molar-refractivity contribution in [2.75, 3.05) is 7.05 Å². The van der Waals surface area contributed by atoms with Crippen molar-refractivity contribution in [1.29, 1.82) is 0 Å². The highest BCUT2D eigenvalue weighted by molar-refractivity contribution is 9.11. The fourth-order valence-corrected chi connectivity index (χ4v) is 4.65. The summed E-state index contributed by atoms with van der Waals surface area (Å²) in [5, 5.41) is 0. The van der Waals surface area contributed by atoms with Crippen molar-refractivity contribution in [3.05, 3.63) is 62.8 Å². The average molecular weight is 437 g/mol. The molecule has 0 aliphatic heterocycles. The lowest BCUT2D eigenvalue weighted by atomic mass is 10.2. The average Bonchev–Trinajstić information content (AvgIpc) is 2.40. The molecule has 2 aromatic carbocycles. The van der Waals surface area contributed by atoms with Crippen molar-refractivity contribution in [3.63, 3.8) is 0 Å². The van der Waals surface area contributed by atoms with Crippen molar-refractivity contribution in [2.45, 2.75) is 11.4 Å². The monoisotopic (exact) mass is 435 g/mol. The Morgan fingerprint density at radius 3 is 2.43 bits per heavy atom. The van der Waals surface area contributed by atoms with Gasteiger partial charge in [0.25, 0.3) is 0 Å². The number of sulfonamides is 1. The number of rotatable bonds is 4. The summed E-state index contributed by atoms with van der Waals surface area (Å²) in [5.41, 5.74) is 0.330. The van der Waals surface area contributed by atoms with Crippen molar-refractivity contribution in [3.8, 4) is 0 Å². The highest BCUT2D eigenvalue weighted by Gasteiger charge is 2.24. The van der Waals surface area contributed by atoms with Gasteiger partial charge in [-0.3, -0.25) is 0 Å². The lowest BCUT2D eigenvalue weighted by molar-refractivity contribution is 0.456. The third-order valence-corrected chi connectivity index (χ3v) is 6.21. The molecule has 0 N–H and O–H groups in total. The van der Waals surface area contributed by atoms with Gasteiger partial charge in [-0.2, -0.15) is 4.31 Å². The lowest BCUT2D eigenvalue weighted by Crippen LogP contribution is -2.27. The van der Waals surface area contributed by atoms with Crippen LogP contribution in [0.1, 0.15) is 5.56 Å². The van der Waals surface area contributed by atoms with Gasteiger partial charge in [0.2, 0.25) is 10.0 Å². The van der Waals surface area contributed by atoms with Crippen LogP contribution in [0.2, 0.25) is 0 Å². The molecule has 0 saturated heterocycles. The molecule has 0 spiro atoms. The van der Waals surface area contributed by atoms with Gasteiger partial charge in [-0.05, 0) is 40.2 Å². The van der Waals surface area contributed by atoms with Crippen molar-refractivity contribution in [1.82, 2.24) is 4.31 Å². The van der Waals surface area contributed by atoms with E-state index in [0.717, 1.165) is 8.78 Å². The summed E-state index contributed by atoms with van der Waals surface area (Å²) in [5.74, 6) is -0.422. The molecule has 0 saturated carbocycles. The van der Waals surface area contributed by atoms with Gasteiger partial charge in [-0.25, -0.2) is 12.8 Å². The maximum atomic E-state index is 13.6. The number of nitrogens with zero attached hydrogens (tertiary/aromatic N) is 1. The third-order valence-electron chi connectivity index (χ3n) is 2.93. The topological polar surface area (TPSA) is 37.4 Å². The van der Waals surface area contributed by atoms with Gasteiger partial charge < -0.3 is 0 Å². The first kappa shape index (κ1) is 16.6. The molecule has 0 atom stereocenters. The summed E-state index contributed by atoms with van der Waals surface area (Å²) < 4.78 is 41.1. The largest absolute Gasteiger partial charge is 0.244 e. The molecule has 3 nitrogen and oxygen atoms in total. The van der Waals surface area contributed by atoms with Crippen LogP contribution in [-0.4, -0.2) is 19.8 Å². The molecule has 0 aliphatic rings. The van der Waals surface area contributed by atoms with Crippen molar-refractivity contribution < 1.29 is 12.8 Å². The van der Waals surface area contributed by atoms with E-state index < -0.39 is 15.8 Å². The van der Waals surface area contributed by atoms with Crippen LogP contribution in [0, 0.1) is 5.82 Å². The van der Waals surface area contributed by atoms with Crippen LogP contribution in [0.15, 0.2) is 56.3 Å². The van der Waals surface area contributed by atoms with Crippen LogP contribution in [0.5, 0.6) is 0 Å². The van der Waals surface area contributed by atoms with Crippen molar-refractivity contribution in [2.24, 2.45) is 0 Å². The van der Waals surface area contributed by atoms with E-state index >= 15 is 0 Å². The molecule has 0 fully saturated rings. The van der Waals surface area contributed by atoms with Crippen LogP contribution in [0.3, 0.4) is 0 Å². The summed E-state index contributed by atoms with van der Waals surface area (Å²) in [6, 6.07) is 10.9. The minimum atomic E-state index is -3.70. The summed E-state index contributed by atoms with van der Waals surface area (Å²) in [6.45, 7) is -0.0302. The van der Waals surface area contributed by atoms with Gasteiger partial charge in [-0.15, -0.1) is 0 Å². The number of halogens is 3. The first-order chi connectivity index (χ1) is 9.82. The lowest BCUT2D eigenvalue weighted by Gasteiger charge is -2.18. The van der Waals surface area contributed by atoms with Crippen LogP contribution >= 0.6 is 31.9 Å². The Balaban J connectivity index is 2.33. The van der Waals surface area contributed by atoms with E-state index in [-0.39, 0.29) is 11.4 Å². The Kier molecular flexibility index (Phi) is 5.19. The number of benzene rings is 2. The maximum Gasteiger partial charge on any atom is 0.244 e. The zero-order valence-electron chi connectivity index (χ0n) is 11.1. The molecule has 0 heterocycles. The molecule has 0 radical (unpaired) electrons. The summed E-state index contributed by atoms with van der Waals surface area (Å²) in [6.07, 6.45) is 0. The molecule has 0 aliphatic carbocycles. The first-order valence-electron chi connectivity index (χ1n) is 5.97. The molecular formula is C14H12Br2FNO2S. The van der Waals surface area contributed by atoms with E-state index in [1.54, 1.807) is 30.3 Å². The highest BCUT2D eigenvalue weighted by Crippen LogP contribution is 2.28. The van der Waals surface area contributed by atoms with Crippen molar-refractivity contribution >= 4 is 41.9 Å². The second kappa shape index (κ2) is 6.56.